The lowest BCUT2D eigenvalue weighted by molar-refractivity contribution is -0.131. The number of hydrogen-bond donors (Lipinski definition) is 1. The van der Waals surface area contributed by atoms with Gasteiger partial charge in [-0.3, -0.25) is 4.79 Å². The Kier molecular flexibility index (Phi) is 4.94. The third-order valence-electron chi connectivity index (χ3n) is 2.80. The van der Waals surface area contributed by atoms with E-state index in [1.165, 1.54) is 0 Å². The van der Waals surface area contributed by atoms with E-state index >= 15 is 0 Å². The number of carbonyl (C=O) groups is 1. The Hall–Kier alpha value is -0.570. The highest BCUT2D eigenvalue weighted by Crippen LogP contribution is 2.05. The van der Waals surface area contributed by atoms with Gasteiger partial charge in [-0.15, -0.1) is 0 Å². The Bertz CT molecular complexity index is 182. The fraction of sp³-hybridized carbons (Fsp3) is 0.909. The maximum atomic E-state index is 11.7. The van der Waals surface area contributed by atoms with Crippen molar-refractivity contribution in [3.8, 4) is 0 Å². The maximum absolute atomic E-state index is 11.7. The molecule has 82 valence electrons. The topological polar surface area (TPSA) is 32.3 Å². The third kappa shape index (κ3) is 3.66. The third-order valence-corrected chi connectivity index (χ3v) is 2.80. The number of hydrogen-bond acceptors (Lipinski definition) is 2. The summed E-state index contributed by atoms with van der Waals surface area (Å²) in [6.07, 6.45) is 3.94. The summed E-state index contributed by atoms with van der Waals surface area (Å²) in [7, 11) is 0. The van der Waals surface area contributed by atoms with Gasteiger partial charge in [0.15, 0.2) is 0 Å². The van der Waals surface area contributed by atoms with Crippen molar-refractivity contribution in [2.24, 2.45) is 0 Å². The van der Waals surface area contributed by atoms with E-state index in [2.05, 4.69) is 19.2 Å². The minimum atomic E-state index is 0.336. The van der Waals surface area contributed by atoms with Crippen molar-refractivity contribution in [3.05, 3.63) is 0 Å². The highest BCUT2D eigenvalue weighted by atomic mass is 16.2. The Morgan fingerprint density at radius 1 is 1.50 bits per heavy atom. The van der Waals surface area contributed by atoms with Crippen LogP contribution in [0.4, 0.5) is 0 Å². The van der Waals surface area contributed by atoms with Gasteiger partial charge in [0.1, 0.15) is 0 Å². The summed E-state index contributed by atoms with van der Waals surface area (Å²) >= 11 is 0. The Labute approximate surface area is 86.9 Å². The molecule has 1 atom stereocenters. The van der Waals surface area contributed by atoms with Crippen LogP contribution in [0.25, 0.3) is 0 Å². The van der Waals surface area contributed by atoms with Crippen LogP contribution in [0.3, 0.4) is 0 Å². The van der Waals surface area contributed by atoms with Crippen LogP contribution < -0.4 is 5.32 Å². The number of nitrogens with zero attached hydrogens (tertiary/aromatic N) is 1. The summed E-state index contributed by atoms with van der Waals surface area (Å²) in [5.41, 5.74) is 0. The standard InChI is InChI=1S/C11H22N2O/c1-3-4-5-11(14)13-8-6-10(2)12-7-9-13/h10,12H,3-9H2,1-2H3. The molecule has 0 spiro atoms. The summed E-state index contributed by atoms with van der Waals surface area (Å²) in [5, 5.41) is 3.39. The Morgan fingerprint density at radius 2 is 2.29 bits per heavy atom. The molecule has 1 saturated heterocycles. The van der Waals surface area contributed by atoms with Crippen LogP contribution in [0.5, 0.6) is 0 Å². The van der Waals surface area contributed by atoms with Crippen molar-refractivity contribution < 1.29 is 4.79 Å². The van der Waals surface area contributed by atoms with Crippen LogP contribution >= 0.6 is 0 Å². The number of amides is 1. The molecule has 1 unspecified atom stereocenters. The normalized spacial score (nSPS) is 23.3. The maximum Gasteiger partial charge on any atom is 0.222 e. The molecular weight excluding hydrogens is 176 g/mol. The molecule has 0 aliphatic carbocycles. The first-order chi connectivity index (χ1) is 6.74. The van der Waals surface area contributed by atoms with Crippen molar-refractivity contribution in [1.29, 1.82) is 0 Å². The van der Waals surface area contributed by atoms with Gasteiger partial charge in [-0.1, -0.05) is 13.3 Å². The van der Waals surface area contributed by atoms with Crippen molar-refractivity contribution in [3.63, 3.8) is 0 Å². The number of rotatable bonds is 3. The lowest BCUT2D eigenvalue weighted by atomic mass is 10.2. The molecule has 3 heteroatoms. The van der Waals surface area contributed by atoms with Crippen molar-refractivity contribution >= 4 is 5.91 Å². The predicted molar refractivity (Wildman–Crippen MR) is 58.2 cm³/mol. The van der Waals surface area contributed by atoms with Crippen molar-refractivity contribution in [2.75, 3.05) is 19.6 Å². The molecule has 1 amide bonds. The van der Waals surface area contributed by atoms with Crippen LogP contribution in [0, 0.1) is 0 Å². The van der Waals surface area contributed by atoms with Gasteiger partial charge in [0.25, 0.3) is 0 Å². The van der Waals surface area contributed by atoms with Gasteiger partial charge in [0.2, 0.25) is 5.91 Å². The van der Waals surface area contributed by atoms with Gasteiger partial charge in [-0.2, -0.15) is 0 Å². The molecule has 0 aromatic rings. The van der Waals surface area contributed by atoms with Crippen molar-refractivity contribution in [2.45, 2.75) is 45.6 Å². The fourth-order valence-corrected chi connectivity index (χ4v) is 1.74. The van der Waals surface area contributed by atoms with E-state index < -0.39 is 0 Å². The zero-order valence-corrected chi connectivity index (χ0v) is 9.38. The second-order valence-electron chi connectivity index (χ2n) is 4.13. The number of carbonyl (C=O) groups excluding carboxylic acids is 1. The molecule has 0 saturated carbocycles. The molecule has 0 aromatic heterocycles. The monoisotopic (exact) mass is 198 g/mol. The van der Waals surface area contributed by atoms with E-state index in [1.54, 1.807) is 0 Å². The molecule has 1 aliphatic rings. The van der Waals surface area contributed by atoms with Crippen molar-refractivity contribution in [1.82, 2.24) is 10.2 Å². The van der Waals surface area contributed by atoms with Crippen LogP contribution in [-0.2, 0) is 4.79 Å². The highest BCUT2D eigenvalue weighted by Gasteiger charge is 2.16. The molecule has 0 bridgehead atoms. The summed E-state index contributed by atoms with van der Waals surface area (Å²) in [4.78, 5) is 13.7. The minimum absolute atomic E-state index is 0.336. The quantitative estimate of drug-likeness (QED) is 0.743. The first-order valence-corrected chi connectivity index (χ1v) is 5.75. The Balaban J connectivity index is 2.31. The molecule has 0 aromatic carbocycles. The van der Waals surface area contributed by atoms with E-state index in [-0.39, 0.29) is 0 Å². The predicted octanol–water partition coefficient (Wildman–Crippen LogP) is 1.39. The number of nitrogens with one attached hydrogen (secondary N) is 1. The minimum Gasteiger partial charge on any atom is -0.341 e. The summed E-state index contributed by atoms with van der Waals surface area (Å²) in [5.74, 6) is 0.336. The van der Waals surface area contributed by atoms with Crippen LogP contribution in [0.1, 0.15) is 39.5 Å². The molecule has 0 radical (unpaired) electrons. The van der Waals surface area contributed by atoms with Gasteiger partial charge in [-0.25, -0.2) is 0 Å². The molecule has 1 N–H and O–H groups in total. The molecule has 1 heterocycles. The summed E-state index contributed by atoms with van der Waals surface area (Å²) in [6, 6.07) is 0.555. The average Bonchev–Trinajstić information content (AvgIpc) is 2.39. The average molecular weight is 198 g/mol. The SMILES string of the molecule is CCCCC(=O)N1CCNC(C)CC1. The molecule has 14 heavy (non-hydrogen) atoms. The number of unbranched alkanes of at least 4 members (excludes halogenated alkanes) is 1. The second kappa shape index (κ2) is 6.02. The molecule has 1 fully saturated rings. The van der Waals surface area contributed by atoms with Crippen LogP contribution in [-0.4, -0.2) is 36.5 Å². The van der Waals surface area contributed by atoms with Gasteiger partial charge in [-0.05, 0) is 19.8 Å². The first kappa shape index (κ1) is 11.5. The van der Waals surface area contributed by atoms with E-state index in [1.807, 2.05) is 4.90 Å². The molecule has 1 aliphatic heterocycles. The van der Waals surface area contributed by atoms with E-state index in [9.17, 15) is 4.79 Å². The fourth-order valence-electron chi connectivity index (χ4n) is 1.74. The smallest absolute Gasteiger partial charge is 0.222 e. The van der Waals surface area contributed by atoms with E-state index in [4.69, 9.17) is 0 Å². The summed E-state index contributed by atoms with van der Waals surface area (Å²) < 4.78 is 0. The van der Waals surface area contributed by atoms with Gasteiger partial charge >= 0.3 is 0 Å². The van der Waals surface area contributed by atoms with E-state index in [0.717, 1.165) is 45.3 Å². The van der Waals surface area contributed by atoms with Crippen LogP contribution in [0.15, 0.2) is 0 Å². The van der Waals surface area contributed by atoms with Gasteiger partial charge in [0.05, 0.1) is 0 Å². The van der Waals surface area contributed by atoms with E-state index in [0.29, 0.717) is 11.9 Å². The highest BCUT2D eigenvalue weighted by molar-refractivity contribution is 5.76. The first-order valence-electron chi connectivity index (χ1n) is 5.75. The van der Waals surface area contributed by atoms with Crippen LogP contribution in [0.2, 0.25) is 0 Å². The summed E-state index contributed by atoms with van der Waals surface area (Å²) in [6.45, 7) is 7.06. The zero-order valence-electron chi connectivity index (χ0n) is 9.38. The van der Waals surface area contributed by atoms with Gasteiger partial charge in [0, 0.05) is 32.1 Å². The largest absolute Gasteiger partial charge is 0.341 e. The lowest BCUT2D eigenvalue weighted by Crippen LogP contribution is -2.34. The Morgan fingerprint density at radius 3 is 3.00 bits per heavy atom. The zero-order chi connectivity index (χ0) is 10.4. The molecule has 1 rings (SSSR count). The van der Waals surface area contributed by atoms with Gasteiger partial charge < -0.3 is 10.2 Å². The molecule has 3 nitrogen and oxygen atoms in total. The lowest BCUT2D eigenvalue weighted by Gasteiger charge is -2.19. The molecular formula is C11H22N2O. The second-order valence-corrected chi connectivity index (χ2v) is 4.13.